The average Bonchev–Trinajstić information content (AvgIpc) is 2.93. The highest BCUT2D eigenvalue weighted by atomic mass is 19.1. The minimum absolute atomic E-state index is 0.0468. The van der Waals surface area contributed by atoms with Crippen LogP contribution in [0.5, 0.6) is 0 Å². The van der Waals surface area contributed by atoms with Crippen LogP contribution in [0.2, 0.25) is 0 Å². The molecule has 3 amide bonds. The first kappa shape index (κ1) is 20.3. The van der Waals surface area contributed by atoms with E-state index in [0.29, 0.717) is 57.9 Å². The molecule has 7 nitrogen and oxygen atoms in total. The summed E-state index contributed by atoms with van der Waals surface area (Å²) in [7, 11) is 0. The normalized spacial score (nSPS) is 18.7. The van der Waals surface area contributed by atoms with E-state index in [2.05, 4.69) is 4.90 Å². The first-order valence-electron chi connectivity index (χ1n) is 9.74. The highest BCUT2D eigenvalue weighted by Crippen LogP contribution is 2.11. The molecule has 2 saturated heterocycles. The van der Waals surface area contributed by atoms with E-state index in [-0.39, 0.29) is 23.5 Å². The molecule has 2 aliphatic heterocycles. The van der Waals surface area contributed by atoms with Crippen LogP contribution in [0.4, 0.5) is 4.39 Å². The standard InChI is InChI=1S/C20H27FN4O3/c1-16(26)23-11-13-24(14-12-23)19(27)15-22-7-2-8-25(10-9-22)20(28)17-3-5-18(21)6-4-17/h3-6H,2,7-15H2,1H3. The van der Waals surface area contributed by atoms with Gasteiger partial charge in [-0.25, -0.2) is 4.39 Å². The van der Waals surface area contributed by atoms with E-state index in [1.807, 2.05) is 4.90 Å². The Morgan fingerprint density at radius 1 is 0.821 bits per heavy atom. The zero-order chi connectivity index (χ0) is 20.1. The van der Waals surface area contributed by atoms with Crippen LogP contribution in [0.1, 0.15) is 23.7 Å². The molecule has 0 radical (unpaired) electrons. The Morgan fingerprint density at radius 2 is 1.43 bits per heavy atom. The number of halogens is 1. The van der Waals surface area contributed by atoms with Crippen LogP contribution < -0.4 is 0 Å². The predicted molar refractivity (Wildman–Crippen MR) is 102 cm³/mol. The van der Waals surface area contributed by atoms with E-state index in [4.69, 9.17) is 0 Å². The molecular formula is C20H27FN4O3. The molecule has 2 aliphatic rings. The zero-order valence-corrected chi connectivity index (χ0v) is 16.3. The number of amides is 3. The molecule has 2 fully saturated rings. The predicted octanol–water partition coefficient (Wildman–Crippen LogP) is 0.664. The number of carbonyl (C=O) groups is 3. The van der Waals surface area contributed by atoms with E-state index < -0.39 is 0 Å². The smallest absolute Gasteiger partial charge is 0.253 e. The quantitative estimate of drug-likeness (QED) is 0.761. The number of nitrogens with zero attached hydrogens (tertiary/aromatic N) is 4. The van der Waals surface area contributed by atoms with E-state index in [9.17, 15) is 18.8 Å². The lowest BCUT2D eigenvalue weighted by molar-refractivity contribution is -0.139. The Balaban J connectivity index is 1.48. The van der Waals surface area contributed by atoms with Crippen LogP contribution in [0.3, 0.4) is 0 Å². The average molecular weight is 390 g/mol. The minimum Gasteiger partial charge on any atom is -0.339 e. The highest BCUT2D eigenvalue weighted by Gasteiger charge is 2.25. The number of carbonyl (C=O) groups excluding carboxylic acids is 3. The van der Waals surface area contributed by atoms with Crippen LogP contribution in [-0.4, -0.2) is 96.2 Å². The molecule has 1 aromatic rings. The summed E-state index contributed by atoms with van der Waals surface area (Å²) >= 11 is 0. The van der Waals surface area contributed by atoms with Gasteiger partial charge in [-0.1, -0.05) is 0 Å². The third kappa shape index (κ3) is 5.07. The molecule has 0 atom stereocenters. The van der Waals surface area contributed by atoms with Crippen molar-refractivity contribution in [2.75, 3.05) is 58.9 Å². The number of benzene rings is 1. The molecule has 0 aromatic heterocycles. The zero-order valence-electron chi connectivity index (χ0n) is 16.3. The molecule has 0 spiro atoms. The first-order valence-corrected chi connectivity index (χ1v) is 9.74. The summed E-state index contributed by atoms with van der Waals surface area (Å²) in [6, 6.07) is 5.60. The van der Waals surface area contributed by atoms with E-state index in [1.165, 1.54) is 24.3 Å². The van der Waals surface area contributed by atoms with Crippen molar-refractivity contribution in [3.63, 3.8) is 0 Å². The minimum atomic E-state index is -0.360. The summed E-state index contributed by atoms with van der Waals surface area (Å²) < 4.78 is 13.1. The van der Waals surface area contributed by atoms with Crippen LogP contribution in [0, 0.1) is 5.82 Å². The molecule has 0 bridgehead atoms. The van der Waals surface area contributed by atoms with Crippen LogP contribution >= 0.6 is 0 Å². The lowest BCUT2D eigenvalue weighted by Crippen LogP contribution is -2.52. The maximum absolute atomic E-state index is 13.1. The van der Waals surface area contributed by atoms with Gasteiger partial charge in [-0.05, 0) is 30.7 Å². The maximum atomic E-state index is 13.1. The van der Waals surface area contributed by atoms with Crippen molar-refractivity contribution in [1.82, 2.24) is 19.6 Å². The fourth-order valence-corrected chi connectivity index (χ4v) is 3.67. The SMILES string of the molecule is CC(=O)N1CCN(C(=O)CN2CCCN(C(=O)c3ccc(F)cc3)CC2)CC1. The number of hydrogen-bond donors (Lipinski definition) is 0. The molecule has 8 heteroatoms. The second-order valence-electron chi connectivity index (χ2n) is 7.32. The van der Waals surface area contributed by atoms with Crippen molar-refractivity contribution in [3.05, 3.63) is 35.6 Å². The van der Waals surface area contributed by atoms with Gasteiger partial charge in [-0.2, -0.15) is 0 Å². The maximum Gasteiger partial charge on any atom is 0.253 e. The monoisotopic (exact) mass is 390 g/mol. The van der Waals surface area contributed by atoms with Crippen LogP contribution in [0.15, 0.2) is 24.3 Å². The molecule has 3 rings (SSSR count). The van der Waals surface area contributed by atoms with Gasteiger partial charge in [-0.15, -0.1) is 0 Å². The Morgan fingerprint density at radius 3 is 2.07 bits per heavy atom. The van der Waals surface area contributed by atoms with Gasteiger partial charge in [0.2, 0.25) is 11.8 Å². The van der Waals surface area contributed by atoms with Crippen molar-refractivity contribution in [1.29, 1.82) is 0 Å². The molecule has 0 saturated carbocycles. The molecule has 1 aromatic carbocycles. The number of rotatable bonds is 3. The Bertz CT molecular complexity index is 717. The van der Waals surface area contributed by atoms with Crippen molar-refractivity contribution >= 4 is 17.7 Å². The van der Waals surface area contributed by atoms with Gasteiger partial charge >= 0.3 is 0 Å². The van der Waals surface area contributed by atoms with Crippen molar-refractivity contribution in [2.45, 2.75) is 13.3 Å². The third-order valence-corrected chi connectivity index (χ3v) is 5.40. The van der Waals surface area contributed by atoms with Crippen LogP contribution in [-0.2, 0) is 9.59 Å². The summed E-state index contributed by atoms with van der Waals surface area (Å²) in [6.07, 6.45) is 0.790. The summed E-state index contributed by atoms with van der Waals surface area (Å²) in [5.41, 5.74) is 0.481. The van der Waals surface area contributed by atoms with Gasteiger partial charge in [0, 0.05) is 64.8 Å². The summed E-state index contributed by atoms with van der Waals surface area (Å²) in [6.45, 7) is 6.75. The highest BCUT2D eigenvalue weighted by molar-refractivity contribution is 5.94. The Labute approximate surface area is 164 Å². The van der Waals surface area contributed by atoms with Gasteiger partial charge < -0.3 is 14.7 Å². The molecule has 0 unspecified atom stereocenters. The summed E-state index contributed by atoms with van der Waals surface area (Å²) in [4.78, 5) is 44.0. The lowest BCUT2D eigenvalue weighted by Gasteiger charge is -2.35. The van der Waals surface area contributed by atoms with E-state index in [1.54, 1.807) is 16.7 Å². The fourth-order valence-electron chi connectivity index (χ4n) is 3.67. The number of piperazine rings is 1. The van der Waals surface area contributed by atoms with Gasteiger partial charge in [0.15, 0.2) is 0 Å². The van der Waals surface area contributed by atoms with Gasteiger partial charge in [0.05, 0.1) is 6.54 Å². The Kier molecular flexibility index (Phi) is 6.61. The summed E-state index contributed by atoms with van der Waals surface area (Å²) in [5, 5.41) is 0. The van der Waals surface area contributed by atoms with Crippen molar-refractivity contribution in [3.8, 4) is 0 Å². The second kappa shape index (κ2) is 9.14. The topological polar surface area (TPSA) is 64.2 Å². The van der Waals surface area contributed by atoms with Gasteiger partial charge in [0.25, 0.3) is 5.91 Å². The van der Waals surface area contributed by atoms with Crippen LogP contribution in [0.25, 0.3) is 0 Å². The first-order chi connectivity index (χ1) is 13.4. The molecule has 152 valence electrons. The fraction of sp³-hybridized carbons (Fsp3) is 0.550. The lowest BCUT2D eigenvalue weighted by atomic mass is 10.2. The molecule has 28 heavy (non-hydrogen) atoms. The Hall–Kier alpha value is -2.48. The number of hydrogen-bond acceptors (Lipinski definition) is 4. The van der Waals surface area contributed by atoms with E-state index in [0.717, 1.165) is 13.0 Å². The largest absolute Gasteiger partial charge is 0.339 e. The van der Waals surface area contributed by atoms with Crippen molar-refractivity contribution in [2.24, 2.45) is 0 Å². The van der Waals surface area contributed by atoms with E-state index >= 15 is 0 Å². The third-order valence-electron chi connectivity index (χ3n) is 5.40. The van der Waals surface area contributed by atoms with Gasteiger partial charge in [0.1, 0.15) is 5.82 Å². The molecule has 0 aliphatic carbocycles. The van der Waals surface area contributed by atoms with Crippen molar-refractivity contribution < 1.29 is 18.8 Å². The second-order valence-corrected chi connectivity index (χ2v) is 7.32. The molecule has 2 heterocycles. The molecule has 0 N–H and O–H groups in total. The van der Waals surface area contributed by atoms with Gasteiger partial charge in [-0.3, -0.25) is 19.3 Å². The summed E-state index contributed by atoms with van der Waals surface area (Å²) in [5.74, 6) is -0.346. The molecular weight excluding hydrogens is 363 g/mol.